The summed E-state index contributed by atoms with van der Waals surface area (Å²) in [6.07, 6.45) is 2.94. The molecular formula is C15H31N3OS. The molecule has 0 saturated carbocycles. The van der Waals surface area contributed by atoms with Gasteiger partial charge in [-0.05, 0) is 52.8 Å². The minimum Gasteiger partial charge on any atom is -0.338 e. The first-order valence-electron chi connectivity index (χ1n) is 7.75. The van der Waals surface area contributed by atoms with E-state index in [4.69, 9.17) is 0 Å². The molecular weight excluding hydrogens is 270 g/mol. The number of likely N-dealkylation sites (tertiary alicyclic amines) is 1. The molecule has 0 aliphatic carbocycles. The van der Waals surface area contributed by atoms with Crippen LogP contribution >= 0.6 is 11.8 Å². The number of hydrogen-bond acceptors (Lipinski definition) is 4. The highest BCUT2D eigenvalue weighted by Gasteiger charge is 2.26. The van der Waals surface area contributed by atoms with Crippen LogP contribution in [0.15, 0.2) is 0 Å². The summed E-state index contributed by atoms with van der Waals surface area (Å²) in [7, 11) is 6.31. The molecule has 5 heteroatoms. The van der Waals surface area contributed by atoms with Gasteiger partial charge in [0.25, 0.3) is 0 Å². The summed E-state index contributed by atoms with van der Waals surface area (Å²) in [5.41, 5.74) is 0. The normalized spacial score (nSPS) is 17.6. The number of carbonyl (C=O) groups excluding carboxylic acids is 1. The fourth-order valence-electron chi connectivity index (χ4n) is 2.57. The van der Waals surface area contributed by atoms with E-state index in [1.807, 2.05) is 11.8 Å². The molecule has 0 spiro atoms. The van der Waals surface area contributed by atoms with Crippen LogP contribution in [0.4, 0.5) is 0 Å². The predicted octanol–water partition coefficient (Wildman–Crippen LogP) is 1.61. The Hall–Kier alpha value is -0.260. The molecule has 118 valence electrons. The Balaban J connectivity index is 2.52. The van der Waals surface area contributed by atoms with E-state index >= 15 is 0 Å². The number of hydrogen-bond donors (Lipinski definition) is 0. The van der Waals surface area contributed by atoms with Crippen molar-refractivity contribution in [3.8, 4) is 0 Å². The number of thioether (sulfide) groups is 1. The first kappa shape index (κ1) is 17.8. The molecule has 1 aliphatic rings. The van der Waals surface area contributed by atoms with Crippen LogP contribution in [-0.4, -0.2) is 85.5 Å². The molecule has 1 amide bonds. The molecule has 0 aromatic carbocycles. The van der Waals surface area contributed by atoms with E-state index in [0.717, 1.165) is 50.5 Å². The first-order valence-corrected chi connectivity index (χ1v) is 8.90. The highest BCUT2D eigenvalue weighted by Crippen LogP contribution is 2.17. The number of rotatable bonds is 8. The van der Waals surface area contributed by atoms with Gasteiger partial charge in [-0.1, -0.05) is 6.92 Å². The van der Waals surface area contributed by atoms with Crippen LogP contribution < -0.4 is 0 Å². The van der Waals surface area contributed by atoms with Gasteiger partial charge in [0.2, 0.25) is 5.91 Å². The van der Waals surface area contributed by atoms with Crippen molar-refractivity contribution < 1.29 is 4.79 Å². The summed E-state index contributed by atoms with van der Waals surface area (Å²) in [6.45, 7) is 6.20. The number of amides is 1. The molecule has 4 nitrogen and oxygen atoms in total. The lowest BCUT2D eigenvalue weighted by atomic mass is 10.0. The summed E-state index contributed by atoms with van der Waals surface area (Å²) in [4.78, 5) is 19.2. The van der Waals surface area contributed by atoms with Gasteiger partial charge in [0.05, 0.1) is 0 Å². The van der Waals surface area contributed by atoms with Gasteiger partial charge in [0, 0.05) is 31.3 Å². The van der Waals surface area contributed by atoms with E-state index < -0.39 is 0 Å². The quantitative estimate of drug-likeness (QED) is 0.637. The summed E-state index contributed by atoms with van der Waals surface area (Å²) >= 11 is 1.86. The van der Waals surface area contributed by atoms with Crippen molar-refractivity contribution >= 4 is 17.7 Å². The predicted molar refractivity (Wildman–Crippen MR) is 88.4 cm³/mol. The van der Waals surface area contributed by atoms with Gasteiger partial charge in [-0.15, -0.1) is 0 Å². The number of piperidine rings is 1. The van der Waals surface area contributed by atoms with E-state index in [-0.39, 0.29) is 0 Å². The van der Waals surface area contributed by atoms with Crippen molar-refractivity contribution in [1.29, 1.82) is 0 Å². The van der Waals surface area contributed by atoms with Crippen LogP contribution in [0, 0.1) is 0 Å². The Morgan fingerprint density at radius 1 is 1.25 bits per heavy atom. The van der Waals surface area contributed by atoms with E-state index in [1.165, 1.54) is 0 Å². The monoisotopic (exact) mass is 301 g/mol. The Morgan fingerprint density at radius 2 is 1.90 bits per heavy atom. The molecule has 1 fully saturated rings. The molecule has 0 aromatic heterocycles. The lowest BCUT2D eigenvalue weighted by Gasteiger charge is -2.38. The third-order valence-corrected chi connectivity index (χ3v) is 4.80. The minimum absolute atomic E-state index is 0.349. The van der Waals surface area contributed by atoms with Gasteiger partial charge in [-0.2, -0.15) is 11.8 Å². The average molecular weight is 302 g/mol. The maximum atomic E-state index is 12.5. The van der Waals surface area contributed by atoms with Gasteiger partial charge in [-0.3, -0.25) is 4.79 Å². The third kappa shape index (κ3) is 6.46. The smallest absolute Gasteiger partial charge is 0.223 e. The maximum absolute atomic E-state index is 12.5. The summed E-state index contributed by atoms with van der Waals surface area (Å²) in [5, 5.41) is 0. The summed E-state index contributed by atoms with van der Waals surface area (Å²) in [6, 6.07) is 0.449. The summed E-state index contributed by atoms with van der Waals surface area (Å²) < 4.78 is 0. The molecule has 0 atom stereocenters. The zero-order valence-electron chi connectivity index (χ0n) is 13.6. The van der Waals surface area contributed by atoms with Crippen LogP contribution in [0.3, 0.4) is 0 Å². The Labute approximate surface area is 128 Å². The van der Waals surface area contributed by atoms with E-state index in [1.54, 1.807) is 0 Å². The molecule has 0 unspecified atom stereocenters. The van der Waals surface area contributed by atoms with Gasteiger partial charge in [0.1, 0.15) is 0 Å². The van der Waals surface area contributed by atoms with Crippen molar-refractivity contribution in [3.63, 3.8) is 0 Å². The molecule has 1 saturated heterocycles. The lowest BCUT2D eigenvalue weighted by Crippen LogP contribution is -2.48. The van der Waals surface area contributed by atoms with Crippen molar-refractivity contribution in [1.82, 2.24) is 14.7 Å². The van der Waals surface area contributed by atoms with Crippen LogP contribution in [-0.2, 0) is 4.79 Å². The second-order valence-corrected chi connectivity index (χ2v) is 7.27. The summed E-state index contributed by atoms with van der Waals surface area (Å²) in [5.74, 6) is 2.40. The molecule has 0 bridgehead atoms. The minimum atomic E-state index is 0.349. The van der Waals surface area contributed by atoms with E-state index in [2.05, 4.69) is 42.8 Å². The van der Waals surface area contributed by atoms with Gasteiger partial charge < -0.3 is 14.7 Å². The van der Waals surface area contributed by atoms with Crippen LogP contribution in [0.1, 0.15) is 26.2 Å². The third-order valence-electron chi connectivity index (χ3n) is 3.90. The molecule has 20 heavy (non-hydrogen) atoms. The van der Waals surface area contributed by atoms with Crippen molar-refractivity contribution in [3.05, 3.63) is 0 Å². The molecule has 1 heterocycles. The Bertz CT molecular complexity index is 278. The molecule has 0 radical (unpaired) electrons. The maximum Gasteiger partial charge on any atom is 0.223 e. The van der Waals surface area contributed by atoms with Crippen molar-refractivity contribution in [2.24, 2.45) is 0 Å². The van der Waals surface area contributed by atoms with Crippen LogP contribution in [0.5, 0.6) is 0 Å². The Kier molecular flexibility index (Phi) is 8.57. The fraction of sp³-hybridized carbons (Fsp3) is 0.933. The van der Waals surface area contributed by atoms with E-state index in [0.29, 0.717) is 18.4 Å². The van der Waals surface area contributed by atoms with Crippen LogP contribution in [0.25, 0.3) is 0 Å². The van der Waals surface area contributed by atoms with Crippen LogP contribution in [0.2, 0.25) is 0 Å². The number of carbonyl (C=O) groups is 1. The average Bonchev–Trinajstić information content (AvgIpc) is 2.41. The molecule has 0 N–H and O–H groups in total. The topological polar surface area (TPSA) is 26.8 Å². The highest BCUT2D eigenvalue weighted by atomic mass is 32.2. The van der Waals surface area contributed by atoms with Crippen molar-refractivity contribution in [2.45, 2.75) is 32.2 Å². The number of likely N-dealkylation sites (N-methyl/N-ethyl adjacent to an activating group) is 1. The lowest BCUT2D eigenvalue weighted by molar-refractivity contribution is -0.134. The first-order chi connectivity index (χ1) is 9.54. The Morgan fingerprint density at radius 3 is 2.45 bits per heavy atom. The van der Waals surface area contributed by atoms with Gasteiger partial charge in [-0.25, -0.2) is 0 Å². The molecule has 0 aromatic rings. The number of nitrogens with zero attached hydrogens (tertiary/aromatic N) is 3. The molecule has 1 aliphatic heterocycles. The zero-order chi connectivity index (χ0) is 15.0. The molecule has 1 rings (SSSR count). The second-order valence-electron chi connectivity index (χ2n) is 5.87. The van der Waals surface area contributed by atoms with E-state index in [9.17, 15) is 4.79 Å². The second kappa shape index (κ2) is 9.64. The largest absolute Gasteiger partial charge is 0.338 e. The highest BCUT2D eigenvalue weighted by molar-refractivity contribution is 7.99. The van der Waals surface area contributed by atoms with Crippen molar-refractivity contribution in [2.75, 3.05) is 58.8 Å². The SMILES string of the molecule is CCSCCC(=O)N(CCN(C)C)C1CCN(C)CC1. The van der Waals surface area contributed by atoms with Gasteiger partial charge >= 0.3 is 0 Å². The standard InChI is InChI=1S/C15H31N3OS/c1-5-20-13-8-15(19)18(12-11-16(2)3)14-6-9-17(4)10-7-14/h14H,5-13H2,1-4H3. The fourth-order valence-corrected chi connectivity index (χ4v) is 3.18. The zero-order valence-corrected chi connectivity index (χ0v) is 14.4. The van der Waals surface area contributed by atoms with Gasteiger partial charge in [0.15, 0.2) is 0 Å².